The number of rotatable bonds is 5. The van der Waals surface area contributed by atoms with Crippen molar-refractivity contribution in [3.63, 3.8) is 0 Å². The summed E-state index contributed by atoms with van der Waals surface area (Å²) >= 11 is 6.33. The molecule has 0 atom stereocenters. The third kappa shape index (κ3) is 2.96. The van der Waals surface area contributed by atoms with Gasteiger partial charge in [0.1, 0.15) is 5.75 Å². The quantitative estimate of drug-likeness (QED) is 0.848. The molecule has 0 N–H and O–H groups in total. The molecule has 0 fully saturated rings. The lowest BCUT2D eigenvalue weighted by molar-refractivity contribution is 0.408. The lowest BCUT2D eigenvalue weighted by Gasteiger charge is -2.14. The lowest BCUT2D eigenvalue weighted by Crippen LogP contribution is -2.01. The Balaban J connectivity index is 2.22. The molecule has 0 unspecified atom stereocenters. The third-order valence-corrected chi connectivity index (χ3v) is 4.12. The van der Waals surface area contributed by atoms with E-state index in [1.807, 2.05) is 37.7 Å². The van der Waals surface area contributed by atoms with Crippen molar-refractivity contribution in [2.24, 2.45) is 0 Å². The molecule has 0 bridgehead atoms. The van der Waals surface area contributed by atoms with Crippen LogP contribution in [0.2, 0.25) is 5.02 Å². The summed E-state index contributed by atoms with van der Waals surface area (Å²) in [5.41, 5.74) is 4.27. The molecule has 0 aliphatic rings. The smallest absolute Gasteiger partial charge is 0.122 e. The van der Waals surface area contributed by atoms with Gasteiger partial charge in [-0.1, -0.05) is 16.8 Å². The fourth-order valence-electron chi connectivity index (χ4n) is 2.31. The molecule has 5 heteroatoms. The van der Waals surface area contributed by atoms with Gasteiger partial charge in [0, 0.05) is 17.8 Å². The van der Waals surface area contributed by atoms with Gasteiger partial charge in [-0.05, 0) is 56.4 Å². The number of aryl methyl sites for hydroxylation is 3. The van der Waals surface area contributed by atoms with E-state index in [0.717, 1.165) is 52.5 Å². The third-order valence-electron chi connectivity index (χ3n) is 3.53. The van der Waals surface area contributed by atoms with Gasteiger partial charge in [0.05, 0.1) is 12.8 Å². The Bertz CT molecular complexity index is 607. The average Bonchev–Trinajstić information content (AvgIpc) is 2.91. The van der Waals surface area contributed by atoms with Crippen LogP contribution in [0.1, 0.15) is 29.3 Å². The van der Waals surface area contributed by atoms with Crippen molar-refractivity contribution in [1.29, 1.82) is 0 Å². The molecule has 4 nitrogen and oxygen atoms in total. The minimum absolute atomic E-state index is 0.818. The maximum absolute atomic E-state index is 6.33. The van der Waals surface area contributed by atoms with Crippen molar-refractivity contribution >= 4 is 11.6 Å². The van der Waals surface area contributed by atoms with E-state index in [4.69, 9.17) is 16.3 Å². The van der Waals surface area contributed by atoms with Crippen molar-refractivity contribution in [1.82, 2.24) is 15.0 Å². The highest BCUT2D eigenvalue weighted by atomic mass is 35.5. The van der Waals surface area contributed by atoms with E-state index in [0.29, 0.717) is 0 Å². The first kappa shape index (κ1) is 14.9. The van der Waals surface area contributed by atoms with Crippen LogP contribution in [0, 0.1) is 13.8 Å². The Hall–Kier alpha value is -1.55. The molecule has 0 aliphatic heterocycles. The predicted octanol–water partition coefficient (Wildman–Crippen LogP) is 3.36. The van der Waals surface area contributed by atoms with E-state index >= 15 is 0 Å². The number of ether oxygens (including phenoxy) is 1. The summed E-state index contributed by atoms with van der Waals surface area (Å²) < 4.78 is 7.31. The molecule has 0 aliphatic carbocycles. The van der Waals surface area contributed by atoms with Crippen LogP contribution < -0.4 is 4.74 Å². The van der Waals surface area contributed by atoms with E-state index in [2.05, 4.69) is 10.3 Å². The van der Waals surface area contributed by atoms with Gasteiger partial charge in [0.2, 0.25) is 0 Å². The van der Waals surface area contributed by atoms with E-state index in [9.17, 15) is 0 Å². The lowest BCUT2D eigenvalue weighted by atomic mass is 9.99. The molecule has 1 aromatic carbocycles. The summed E-state index contributed by atoms with van der Waals surface area (Å²) in [7, 11) is 1.69. The van der Waals surface area contributed by atoms with E-state index < -0.39 is 0 Å². The van der Waals surface area contributed by atoms with Crippen LogP contribution in [0.15, 0.2) is 12.3 Å². The number of hydrogen-bond donors (Lipinski definition) is 0. The Morgan fingerprint density at radius 1 is 1.30 bits per heavy atom. The summed E-state index contributed by atoms with van der Waals surface area (Å²) in [4.78, 5) is 0. The summed E-state index contributed by atoms with van der Waals surface area (Å²) in [6, 6.07) is 1.99. The van der Waals surface area contributed by atoms with Crippen molar-refractivity contribution < 1.29 is 4.74 Å². The summed E-state index contributed by atoms with van der Waals surface area (Å²) in [6.07, 6.45) is 3.66. The SMILES string of the molecule is CCn1cc(CCc2c(OC)cc(C)c(Cl)c2C)nn1. The first-order chi connectivity index (χ1) is 9.56. The number of nitrogens with zero attached hydrogens (tertiary/aromatic N) is 3. The topological polar surface area (TPSA) is 39.9 Å². The highest BCUT2D eigenvalue weighted by Crippen LogP contribution is 2.32. The fourth-order valence-corrected chi connectivity index (χ4v) is 2.48. The molecule has 0 radical (unpaired) electrons. The van der Waals surface area contributed by atoms with Gasteiger partial charge in [0.25, 0.3) is 0 Å². The Labute approximate surface area is 124 Å². The van der Waals surface area contributed by atoms with Crippen LogP contribution >= 0.6 is 11.6 Å². The first-order valence-electron chi connectivity index (χ1n) is 6.78. The normalized spacial score (nSPS) is 10.8. The van der Waals surface area contributed by atoms with Crippen molar-refractivity contribution in [2.45, 2.75) is 40.2 Å². The van der Waals surface area contributed by atoms with Crippen molar-refractivity contribution in [3.05, 3.63) is 39.7 Å². The molecule has 1 heterocycles. The summed E-state index contributed by atoms with van der Waals surface area (Å²) in [5, 5.41) is 9.04. The van der Waals surface area contributed by atoms with Crippen molar-refractivity contribution in [2.75, 3.05) is 7.11 Å². The maximum Gasteiger partial charge on any atom is 0.122 e. The van der Waals surface area contributed by atoms with Gasteiger partial charge < -0.3 is 4.74 Å². The van der Waals surface area contributed by atoms with E-state index in [-0.39, 0.29) is 0 Å². The monoisotopic (exact) mass is 293 g/mol. The molecule has 0 amide bonds. The number of methoxy groups -OCH3 is 1. The highest BCUT2D eigenvalue weighted by Gasteiger charge is 2.13. The summed E-state index contributed by atoms with van der Waals surface area (Å²) in [5.74, 6) is 0.896. The van der Waals surface area contributed by atoms with Crippen LogP contribution in [-0.2, 0) is 19.4 Å². The van der Waals surface area contributed by atoms with Crippen molar-refractivity contribution in [3.8, 4) is 5.75 Å². The standard InChI is InChI=1S/C15H20ClN3O/c1-5-19-9-12(17-18-19)6-7-13-11(3)15(16)10(2)8-14(13)20-4/h8-9H,5-7H2,1-4H3. The largest absolute Gasteiger partial charge is 0.496 e. The van der Waals surface area contributed by atoms with Crippen LogP contribution in [0.3, 0.4) is 0 Å². The van der Waals surface area contributed by atoms with Crippen LogP contribution in [0.4, 0.5) is 0 Å². The van der Waals surface area contributed by atoms with Gasteiger partial charge in [-0.15, -0.1) is 5.10 Å². The molecule has 20 heavy (non-hydrogen) atoms. The number of hydrogen-bond acceptors (Lipinski definition) is 3. The predicted molar refractivity (Wildman–Crippen MR) is 80.6 cm³/mol. The molecule has 1 aromatic heterocycles. The molecule has 2 aromatic rings. The second-order valence-electron chi connectivity index (χ2n) is 4.88. The Kier molecular flexibility index (Phi) is 4.65. The Morgan fingerprint density at radius 3 is 2.65 bits per heavy atom. The van der Waals surface area contributed by atoms with Gasteiger partial charge >= 0.3 is 0 Å². The zero-order valence-electron chi connectivity index (χ0n) is 12.4. The number of halogens is 1. The molecular weight excluding hydrogens is 274 g/mol. The molecule has 2 rings (SSSR count). The maximum atomic E-state index is 6.33. The second kappa shape index (κ2) is 6.27. The summed E-state index contributed by atoms with van der Waals surface area (Å²) in [6.45, 7) is 6.92. The van der Waals surface area contributed by atoms with Crippen LogP contribution in [-0.4, -0.2) is 22.1 Å². The van der Waals surface area contributed by atoms with Gasteiger partial charge in [0.15, 0.2) is 0 Å². The Morgan fingerprint density at radius 2 is 2.05 bits per heavy atom. The molecule has 0 saturated heterocycles. The van der Waals surface area contributed by atoms with Crippen LogP contribution in [0.5, 0.6) is 5.75 Å². The highest BCUT2D eigenvalue weighted by molar-refractivity contribution is 6.32. The second-order valence-corrected chi connectivity index (χ2v) is 5.26. The number of aromatic nitrogens is 3. The number of benzene rings is 1. The van der Waals surface area contributed by atoms with E-state index in [1.54, 1.807) is 7.11 Å². The minimum Gasteiger partial charge on any atom is -0.496 e. The zero-order valence-corrected chi connectivity index (χ0v) is 13.2. The molecular formula is C15H20ClN3O. The van der Waals surface area contributed by atoms with Crippen LogP contribution in [0.25, 0.3) is 0 Å². The molecule has 108 valence electrons. The minimum atomic E-state index is 0.818. The average molecular weight is 294 g/mol. The van der Waals surface area contributed by atoms with Gasteiger partial charge in [-0.2, -0.15) is 0 Å². The first-order valence-corrected chi connectivity index (χ1v) is 7.16. The molecule has 0 spiro atoms. The molecule has 0 saturated carbocycles. The van der Waals surface area contributed by atoms with Gasteiger partial charge in [-0.3, -0.25) is 4.68 Å². The van der Waals surface area contributed by atoms with E-state index in [1.165, 1.54) is 0 Å². The zero-order chi connectivity index (χ0) is 14.7. The fraction of sp³-hybridized carbons (Fsp3) is 0.467. The van der Waals surface area contributed by atoms with Gasteiger partial charge in [-0.25, -0.2) is 0 Å².